The molecule has 1 nitrogen and oxygen atoms in total. The van der Waals surface area contributed by atoms with Crippen molar-refractivity contribution in [3.8, 4) is 0 Å². The minimum atomic E-state index is -0.982. The summed E-state index contributed by atoms with van der Waals surface area (Å²) in [7, 11) is 0. The van der Waals surface area contributed by atoms with E-state index in [1.54, 1.807) is 12.1 Å². The summed E-state index contributed by atoms with van der Waals surface area (Å²) < 4.78 is 32.6. The van der Waals surface area contributed by atoms with Gasteiger partial charge in [0.15, 0.2) is 0 Å². The second-order valence-electron chi connectivity index (χ2n) is 4.67. The largest absolute Gasteiger partial charge is 0.354 e. The highest BCUT2D eigenvalue weighted by molar-refractivity contribution is 6.31. The molecule has 0 radical (unpaired) electrons. The first-order valence-corrected chi connectivity index (χ1v) is 6.93. The zero-order valence-electron chi connectivity index (χ0n) is 10.2. The third-order valence-corrected chi connectivity index (χ3v) is 4.21. The molecule has 1 aliphatic heterocycles. The molecule has 0 saturated carbocycles. The van der Waals surface area contributed by atoms with Gasteiger partial charge in [-0.15, -0.1) is 11.6 Å². The molecule has 20 heavy (non-hydrogen) atoms. The predicted octanol–water partition coefficient (Wildman–Crippen LogP) is 4.82. The molecule has 1 fully saturated rings. The first-order chi connectivity index (χ1) is 9.58. The van der Waals surface area contributed by atoms with Gasteiger partial charge < -0.3 is 4.74 Å². The molecule has 3 rings (SSSR count). The van der Waals surface area contributed by atoms with E-state index < -0.39 is 23.3 Å². The van der Waals surface area contributed by atoms with Crippen LogP contribution >= 0.6 is 23.2 Å². The summed E-state index contributed by atoms with van der Waals surface area (Å²) >= 11 is 12.1. The van der Waals surface area contributed by atoms with Gasteiger partial charge in [0.1, 0.15) is 23.3 Å². The summed E-state index contributed by atoms with van der Waals surface area (Å²) in [5.41, 5.74) is 0.0157. The number of alkyl halides is 1. The van der Waals surface area contributed by atoms with Gasteiger partial charge in [0, 0.05) is 22.2 Å². The maximum Gasteiger partial charge on any atom is 0.141 e. The van der Waals surface area contributed by atoms with Crippen LogP contribution in [0.4, 0.5) is 8.78 Å². The molecule has 0 N–H and O–H groups in total. The SMILES string of the molecule is Fc1ccc(C2(CCl)OC2c2ccccc2Cl)c(F)c1. The van der Waals surface area contributed by atoms with Gasteiger partial charge in [0.2, 0.25) is 0 Å². The monoisotopic (exact) mass is 314 g/mol. The molecule has 2 unspecified atom stereocenters. The molecule has 1 saturated heterocycles. The van der Waals surface area contributed by atoms with E-state index in [1.165, 1.54) is 12.1 Å². The van der Waals surface area contributed by atoms with Crippen molar-refractivity contribution >= 4 is 23.2 Å². The van der Waals surface area contributed by atoms with Crippen LogP contribution < -0.4 is 0 Å². The summed E-state index contributed by atoms with van der Waals surface area (Å²) in [6.45, 7) is 0. The zero-order valence-corrected chi connectivity index (χ0v) is 11.8. The van der Waals surface area contributed by atoms with Crippen LogP contribution in [0, 0.1) is 11.6 Å². The summed E-state index contributed by atoms with van der Waals surface area (Å²) in [5, 5.41) is 0.534. The topological polar surface area (TPSA) is 12.5 Å². The van der Waals surface area contributed by atoms with Gasteiger partial charge in [-0.3, -0.25) is 0 Å². The Kier molecular flexibility index (Phi) is 3.44. The third kappa shape index (κ3) is 2.10. The van der Waals surface area contributed by atoms with E-state index in [9.17, 15) is 8.78 Å². The Labute approximate surface area is 125 Å². The predicted molar refractivity (Wildman–Crippen MR) is 74.0 cm³/mol. The van der Waals surface area contributed by atoms with E-state index in [2.05, 4.69) is 0 Å². The van der Waals surface area contributed by atoms with Crippen LogP contribution in [0.3, 0.4) is 0 Å². The lowest BCUT2D eigenvalue weighted by atomic mass is 9.93. The second kappa shape index (κ2) is 4.99. The van der Waals surface area contributed by atoms with Gasteiger partial charge in [0.05, 0.1) is 5.88 Å². The summed E-state index contributed by atoms with van der Waals surface area (Å²) in [4.78, 5) is 0. The highest BCUT2D eigenvalue weighted by atomic mass is 35.5. The molecule has 1 aliphatic rings. The fourth-order valence-electron chi connectivity index (χ4n) is 2.39. The van der Waals surface area contributed by atoms with Gasteiger partial charge in [-0.25, -0.2) is 8.78 Å². The highest BCUT2D eigenvalue weighted by Crippen LogP contribution is 2.59. The third-order valence-electron chi connectivity index (χ3n) is 3.47. The van der Waals surface area contributed by atoms with Crippen molar-refractivity contribution in [1.29, 1.82) is 0 Å². The molecule has 0 bridgehead atoms. The first-order valence-electron chi connectivity index (χ1n) is 6.02. The fraction of sp³-hybridized carbons (Fsp3) is 0.200. The molecule has 0 spiro atoms. The lowest BCUT2D eigenvalue weighted by Crippen LogP contribution is -2.14. The van der Waals surface area contributed by atoms with Gasteiger partial charge in [0.25, 0.3) is 0 Å². The quantitative estimate of drug-likeness (QED) is 0.584. The molecule has 0 amide bonds. The minimum absolute atomic E-state index is 0.0610. The summed E-state index contributed by atoms with van der Waals surface area (Å²) in [5.74, 6) is -1.24. The van der Waals surface area contributed by atoms with E-state index in [0.717, 1.165) is 11.6 Å². The van der Waals surface area contributed by atoms with E-state index >= 15 is 0 Å². The lowest BCUT2D eigenvalue weighted by Gasteiger charge is -2.11. The van der Waals surface area contributed by atoms with E-state index in [0.29, 0.717) is 5.02 Å². The normalized spacial score (nSPS) is 24.7. The van der Waals surface area contributed by atoms with Crippen molar-refractivity contribution in [3.63, 3.8) is 0 Å². The Morgan fingerprint density at radius 1 is 1.15 bits per heavy atom. The molecule has 2 aromatic carbocycles. The minimum Gasteiger partial charge on any atom is -0.354 e. The van der Waals surface area contributed by atoms with Gasteiger partial charge in [-0.05, 0) is 12.1 Å². The van der Waals surface area contributed by atoms with Crippen molar-refractivity contribution in [2.24, 2.45) is 0 Å². The molecular weight excluding hydrogens is 305 g/mol. The second-order valence-corrected chi connectivity index (χ2v) is 5.34. The lowest BCUT2D eigenvalue weighted by molar-refractivity contribution is 0.309. The average molecular weight is 315 g/mol. The highest BCUT2D eigenvalue weighted by Gasteiger charge is 2.59. The summed E-state index contributed by atoms with van der Waals surface area (Å²) in [6.07, 6.45) is -0.423. The summed E-state index contributed by atoms with van der Waals surface area (Å²) in [6, 6.07) is 10.6. The number of hydrogen-bond acceptors (Lipinski definition) is 1. The van der Waals surface area contributed by atoms with Crippen molar-refractivity contribution in [2.45, 2.75) is 11.7 Å². The average Bonchev–Trinajstić information content (AvgIpc) is 3.15. The van der Waals surface area contributed by atoms with E-state index in [-0.39, 0.29) is 11.4 Å². The molecule has 2 aromatic rings. The molecule has 2 atom stereocenters. The Balaban J connectivity index is 2.02. The van der Waals surface area contributed by atoms with Crippen molar-refractivity contribution in [3.05, 3.63) is 70.2 Å². The van der Waals surface area contributed by atoms with Crippen LogP contribution in [0.5, 0.6) is 0 Å². The van der Waals surface area contributed by atoms with Crippen LogP contribution in [0.1, 0.15) is 17.2 Å². The molecular formula is C15H10Cl2F2O. The van der Waals surface area contributed by atoms with Crippen LogP contribution in [0.2, 0.25) is 5.02 Å². The smallest absolute Gasteiger partial charge is 0.141 e. The zero-order chi connectivity index (χ0) is 14.3. The van der Waals surface area contributed by atoms with Crippen LogP contribution in [0.15, 0.2) is 42.5 Å². The standard InChI is InChI=1S/C15H10Cl2F2O/c16-8-15(11-6-5-9(18)7-13(11)19)14(20-15)10-3-1-2-4-12(10)17/h1-7,14H,8H2. The fourth-order valence-corrected chi connectivity index (χ4v) is 2.97. The molecule has 104 valence electrons. The number of benzene rings is 2. The van der Waals surface area contributed by atoms with E-state index in [1.807, 2.05) is 12.1 Å². The Bertz CT molecular complexity index is 662. The van der Waals surface area contributed by atoms with Crippen molar-refractivity contribution in [1.82, 2.24) is 0 Å². The Morgan fingerprint density at radius 2 is 1.90 bits per heavy atom. The van der Waals surface area contributed by atoms with E-state index in [4.69, 9.17) is 27.9 Å². The van der Waals surface area contributed by atoms with Gasteiger partial charge in [-0.1, -0.05) is 35.9 Å². The Hall–Kier alpha value is -1.16. The van der Waals surface area contributed by atoms with Crippen LogP contribution in [-0.2, 0) is 10.3 Å². The number of halogens is 4. The Morgan fingerprint density at radius 3 is 2.55 bits per heavy atom. The number of ether oxygens (including phenoxy) is 1. The molecule has 0 aliphatic carbocycles. The number of rotatable bonds is 3. The van der Waals surface area contributed by atoms with Crippen molar-refractivity contribution in [2.75, 3.05) is 5.88 Å². The number of hydrogen-bond donors (Lipinski definition) is 0. The van der Waals surface area contributed by atoms with Crippen LogP contribution in [0.25, 0.3) is 0 Å². The molecule has 1 heterocycles. The van der Waals surface area contributed by atoms with Gasteiger partial charge >= 0.3 is 0 Å². The maximum absolute atomic E-state index is 14.0. The maximum atomic E-state index is 14.0. The molecule has 5 heteroatoms. The first kappa shape index (κ1) is 13.8. The van der Waals surface area contributed by atoms with Crippen molar-refractivity contribution < 1.29 is 13.5 Å². The van der Waals surface area contributed by atoms with Gasteiger partial charge in [-0.2, -0.15) is 0 Å². The molecule has 0 aromatic heterocycles. The number of epoxide rings is 1. The van der Waals surface area contributed by atoms with Crippen LogP contribution in [-0.4, -0.2) is 5.88 Å².